The van der Waals surface area contributed by atoms with E-state index in [9.17, 15) is 4.39 Å². The fourth-order valence-corrected chi connectivity index (χ4v) is 0.866. The van der Waals surface area contributed by atoms with Crippen LogP contribution in [0.25, 0.3) is 0 Å². The van der Waals surface area contributed by atoms with E-state index < -0.39 is 5.67 Å². The predicted molar refractivity (Wildman–Crippen MR) is 43.8 cm³/mol. The van der Waals surface area contributed by atoms with Crippen molar-refractivity contribution in [3.63, 3.8) is 0 Å². The molecule has 0 aliphatic rings. The van der Waals surface area contributed by atoms with Gasteiger partial charge in [-0.05, 0) is 18.3 Å². The predicted octanol–water partition coefficient (Wildman–Crippen LogP) is 3.42. The van der Waals surface area contributed by atoms with Gasteiger partial charge in [0.2, 0.25) is 0 Å². The molecule has 0 fully saturated rings. The van der Waals surface area contributed by atoms with E-state index in [1.165, 1.54) is 0 Å². The summed E-state index contributed by atoms with van der Waals surface area (Å²) < 4.78 is 13.7. The lowest BCUT2D eigenvalue weighted by Gasteiger charge is -2.37. The first kappa shape index (κ1) is 9.93. The summed E-state index contributed by atoms with van der Waals surface area (Å²) >= 11 is 0. The Hall–Kier alpha value is -0.0700. The van der Waals surface area contributed by atoms with Gasteiger partial charge in [-0.3, -0.25) is 0 Å². The van der Waals surface area contributed by atoms with Crippen molar-refractivity contribution in [3.05, 3.63) is 0 Å². The summed E-state index contributed by atoms with van der Waals surface area (Å²) in [7, 11) is 0. The highest BCUT2D eigenvalue weighted by Gasteiger charge is 2.40. The van der Waals surface area contributed by atoms with Gasteiger partial charge in [-0.2, -0.15) is 0 Å². The van der Waals surface area contributed by atoms with Crippen molar-refractivity contribution < 1.29 is 4.39 Å². The third kappa shape index (κ3) is 1.71. The molecule has 0 aliphatic heterocycles. The van der Waals surface area contributed by atoms with Gasteiger partial charge in [0.1, 0.15) is 5.67 Å². The van der Waals surface area contributed by atoms with E-state index in [4.69, 9.17) is 0 Å². The second kappa shape index (κ2) is 2.52. The number of hydrogen-bond acceptors (Lipinski definition) is 0. The Labute approximate surface area is 63.8 Å². The molecule has 0 nitrogen and oxygen atoms in total. The van der Waals surface area contributed by atoms with Crippen LogP contribution in [0.3, 0.4) is 0 Å². The Morgan fingerprint density at radius 1 is 1.00 bits per heavy atom. The van der Waals surface area contributed by atoms with Crippen molar-refractivity contribution in [2.75, 3.05) is 0 Å². The van der Waals surface area contributed by atoms with Crippen molar-refractivity contribution in [2.45, 2.75) is 47.2 Å². The Balaban J connectivity index is 4.40. The summed E-state index contributed by atoms with van der Waals surface area (Å²) in [5, 5.41) is 0. The van der Waals surface area contributed by atoms with E-state index in [-0.39, 0.29) is 11.3 Å². The molecule has 0 aromatic rings. The van der Waals surface area contributed by atoms with E-state index in [1.807, 2.05) is 34.6 Å². The number of hydrogen-bond donors (Lipinski definition) is 0. The minimum atomic E-state index is -1.06. The molecule has 0 heterocycles. The molecule has 0 N–H and O–H groups in total. The molecular formula is C9H19F. The first-order chi connectivity index (χ1) is 4.19. The van der Waals surface area contributed by atoms with E-state index in [0.717, 1.165) is 0 Å². The normalized spacial score (nSPS) is 19.2. The number of halogens is 1. The van der Waals surface area contributed by atoms with Crippen molar-refractivity contribution in [1.82, 2.24) is 0 Å². The monoisotopic (exact) mass is 146 g/mol. The van der Waals surface area contributed by atoms with Crippen molar-refractivity contribution in [2.24, 2.45) is 11.3 Å². The molecule has 0 saturated heterocycles. The van der Waals surface area contributed by atoms with Gasteiger partial charge in [0.15, 0.2) is 0 Å². The van der Waals surface area contributed by atoms with Crippen LogP contribution in [0.5, 0.6) is 0 Å². The van der Waals surface area contributed by atoms with Gasteiger partial charge >= 0.3 is 0 Å². The molecule has 1 unspecified atom stereocenters. The van der Waals surface area contributed by atoms with E-state index >= 15 is 0 Å². The van der Waals surface area contributed by atoms with Gasteiger partial charge in [0.05, 0.1) is 0 Å². The Bertz CT molecular complexity index is 106. The first-order valence-corrected chi connectivity index (χ1v) is 3.88. The SMILES string of the molecule is CC(C)C(C)(F)C(C)(C)C. The molecule has 0 rings (SSSR count). The van der Waals surface area contributed by atoms with Crippen LogP contribution in [0, 0.1) is 11.3 Å². The molecule has 0 bridgehead atoms. The standard InChI is InChI=1S/C9H19F/c1-7(2)9(6,10)8(3,4)5/h7H,1-6H3. The maximum atomic E-state index is 13.7. The molecule has 0 radical (unpaired) electrons. The minimum absolute atomic E-state index is 0.0903. The fraction of sp³-hybridized carbons (Fsp3) is 1.00. The summed E-state index contributed by atoms with van der Waals surface area (Å²) in [4.78, 5) is 0. The van der Waals surface area contributed by atoms with Crippen molar-refractivity contribution >= 4 is 0 Å². The average Bonchev–Trinajstić information content (AvgIpc) is 1.62. The summed E-state index contributed by atoms with van der Waals surface area (Å²) in [6, 6.07) is 0. The lowest BCUT2D eigenvalue weighted by atomic mass is 9.73. The van der Waals surface area contributed by atoms with Crippen LogP contribution in [0.15, 0.2) is 0 Å². The topological polar surface area (TPSA) is 0 Å². The second-order valence-corrected chi connectivity index (χ2v) is 4.48. The number of rotatable bonds is 1. The molecule has 0 aliphatic carbocycles. The highest BCUT2D eigenvalue weighted by molar-refractivity contribution is 4.89. The molecule has 0 saturated carbocycles. The quantitative estimate of drug-likeness (QED) is 0.531. The van der Waals surface area contributed by atoms with Gasteiger partial charge in [0.25, 0.3) is 0 Å². The third-order valence-corrected chi connectivity index (χ3v) is 2.55. The van der Waals surface area contributed by atoms with Crippen LogP contribution in [0.2, 0.25) is 0 Å². The smallest absolute Gasteiger partial charge is 0.115 e. The van der Waals surface area contributed by atoms with Gasteiger partial charge < -0.3 is 0 Å². The van der Waals surface area contributed by atoms with Crippen molar-refractivity contribution in [3.8, 4) is 0 Å². The summed E-state index contributed by atoms with van der Waals surface area (Å²) in [6.07, 6.45) is 0. The third-order valence-electron chi connectivity index (χ3n) is 2.55. The lowest BCUT2D eigenvalue weighted by Crippen LogP contribution is -2.40. The highest BCUT2D eigenvalue weighted by atomic mass is 19.1. The van der Waals surface area contributed by atoms with Crippen LogP contribution in [-0.4, -0.2) is 5.67 Å². The average molecular weight is 146 g/mol. The molecule has 0 amide bonds. The molecular weight excluding hydrogens is 127 g/mol. The summed E-state index contributed by atoms with van der Waals surface area (Å²) in [5.74, 6) is 0.0903. The largest absolute Gasteiger partial charge is 0.243 e. The van der Waals surface area contributed by atoms with Gasteiger partial charge in [0, 0.05) is 0 Å². The molecule has 1 atom stereocenters. The van der Waals surface area contributed by atoms with E-state index in [1.54, 1.807) is 6.92 Å². The van der Waals surface area contributed by atoms with Crippen LogP contribution >= 0.6 is 0 Å². The molecule has 1 heteroatoms. The van der Waals surface area contributed by atoms with Gasteiger partial charge in [-0.1, -0.05) is 34.6 Å². The Kier molecular flexibility index (Phi) is 2.50. The first-order valence-electron chi connectivity index (χ1n) is 3.88. The molecule has 0 aromatic carbocycles. The maximum absolute atomic E-state index is 13.7. The molecule has 62 valence electrons. The zero-order chi connectivity index (χ0) is 8.58. The van der Waals surface area contributed by atoms with Gasteiger partial charge in [-0.15, -0.1) is 0 Å². The van der Waals surface area contributed by atoms with E-state index in [0.29, 0.717) is 0 Å². The van der Waals surface area contributed by atoms with Crippen molar-refractivity contribution in [1.29, 1.82) is 0 Å². The molecule has 0 spiro atoms. The van der Waals surface area contributed by atoms with E-state index in [2.05, 4.69) is 0 Å². The van der Waals surface area contributed by atoms with Crippen LogP contribution < -0.4 is 0 Å². The molecule has 0 aromatic heterocycles. The Morgan fingerprint density at radius 2 is 1.30 bits per heavy atom. The second-order valence-electron chi connectivity index (χ2n) is 4.48. The summed E-state index contributed by atoms with van der Waals surface area (Å²) in [5.41, 5.74) is -1.31. The number of alkyl halides is 1. The van der Waals surface area contributed by atoms with Crippen LogP contribution in [-0.2, 0) is 0 Å². The zero-order valence-electron chi connectivity index (χ0n) is 7.96. The fourth-order valence-electron chi connectivity index (χ4n) is 0.866. The lowest BCUT2D eigenvalue weighted by molar-refractivity contribution is 0.00323. The summed E-state index contributed by atoms with van der Waals surface area (Å²) in [6.45, 7) is 11.3. The minimum Gasteiger partial charge on any atom is -0.243 e. The van der Waals surface area contributed by atoms with Crippen LogP contribution in [0.4, 0.5) is 4.39 Å². The molecule has 10 heavy (non-hydrogen) atoms. The van der Waals surface area contributed by atoms with Crippen LogP contribution in [0.1, 0.15) is 41.5 Å². The maximum Gasteiger partial charge on any atom is 0.115 e. The highest BCUT2D eigenvalue weighted by Crippen LogP contribution is 2.39. The Morgan fingerprint density at radius 3 is 1.30 bits per heavy atom. The zero-order valence-corrected chi connectivity index (χ0v) is 7.96. The van der Waals surface area contributed by atoms with Gasteiger partial charge in [-0.25, -0.2) is 4.39 Å².